The molecule has 0 heterocycles. The smallest absolute Gasteiger partial charge is 0.337 e. The first-order valence-corrected chi connectivity index (χ1v) is 5.63. The number of nitrogens with two attached hydrogens (primary N) is 1. The van der Waals surface area contributed by atoms with E-state index in [2.05, 4.69) is 11.7 Å². The number of rotatable bonds is 5. The van der Waals surface area contributed by atoms with E-state index in [1.807, 2.05) is 18.2 Å². The summed E-state index contributed by atoms with van der Waals surface area (Å²) in [4.78, 5) is 11.3. The van der Waals surface area contributed by atoms with E-state index in [0.29, 0.717) is 5.56 Å². The fourth-order valence-electron chi connectivity index (χ4n) is 1.60. The first-order chi connectivity index (χ1) is 7.69. The highest BCUT2D eigenvalue weighted by Crippen LogP contribution is 2.18. The van der Waals surface area contributed by atoms with Crippen LogP contribution in [0.25, 0.3) is 0 Å². The van der Waals surface area contributed by atoms with Crippen LogP contribution in [0.3, 0.4) is 0 Å². The summed E-state index contributed by atoms with van der Waals surface area (Å²) in [7, 11) is 1.38. The third-order valence-corrected chi connectivity index (χ3v) is 2.60. The molecule has 0 radical (unpaired) electrons. The van der Waals surface area contributed by atoms with Crippen molar-refractivity contribution in [2.75, 3.05) is 7.11 Å². The molecular formula is C13H19NO2. The van der Waals surface area contributed by atoms with Gasteiger partial charge in [-0.05, 0) is 24.1 Å². The van der Waals surface area contributed by atoms with E-state index in [9.17, 15) is 4.79 Å². The lowest BCUT2D eigenvalue weighted by molar-refractivity contribution is 0.0600. The second-order valence-corrected chi connectivity index (χ2v) is 3.87. The fourth-order valence-corrected chi connectivity index (χ4v) is 1.60. The largest absolute Gasteiger partial charge is 0.465 e. The van der Waals surface area contributed by atoms with Crippen molar-refractivity contribution in [1.82, 2.24) is 0 Å². The highest BCUT2D eigenvalue weighted by atomic mass is 16.5. The molecule has 0 aliphatic rings. The molecule has 0 unspecified atom stereocenters. The number of carbonyl (C=O) groups excluding carboxylic acids is 1. The normalized spacial score (nSPS) is 12.2. The van der Waals surface area contributed by atoms with Crippen molar-refractivity contribution in [2.24, 2.45) is 5.73 Å². The van der Waals surface area contributed by atoms with Gasteiger partial charge in [-0.25, -0.2) is 4.79 Å². The standard InChI is InChI=1S/C13H19NO2/c1-3-4-8-12(14)10-6-5-7-11(9-10)13(15)16-2/h5-7,9,12H,3-4,8,14H2,1-2H3/t12-/m1/s1. The van der Waals surface area contributed by atoms with Crippen molar-refractivity contribution in [3.63, 3.8) is 0 Å². The van der Waals surface area contributed by atoms with Crippen molar-refractivity contribution in [3.05, 3.63) is 35.4 Å². The maximum atomic E-state index is 11.3. The van der Waals surface area contributed by atoms with Gasteiger partial charge in [-0.1, -0.05) is 31.9 Å². The molecule has 0 bridgehead atoms. The number of ether oxygens (including phenoxy) is 1. The van der Waals surface area contributed by atoms with Crippen molar-refractivity contribution in [1.29, 1.82) is 0 Å². The van der Waals surface area contributed by atoms with E-state index >= 15 is 0 Å². The molecule has 0 spiro atoms. The minimum atomic E-state index is -0.315. The van der Waals surface area contributed by atoms with Crippen LogP contribution in [0.2, 0.25) is 0 Å². The molecule has 3 heteroatoms. The minimum absolute atomic E-state index is 0.00422. The van der Waals surface area contributed by atoms with E-state index in [1.165, 1.54) is 7.11 Å². The Labute approximate surface area is 96.6 Å². The van der Waals surface area contributed by atoms with Crippen molar-refractivity contribution < 1.29 is 9.53 Å². The lowest BCUT2D eigenvalue weighted by Gasteiger charge is -2.12. The van der Waals surface area contributed by atoms with Gasteiger partial charge in [-0.15, -0.1) is 0 Å². The Hall–Kier alpha value is -1.35. The van der Waals surface area contributed by atoms with Gasteiger partial charge in [0.15, 0.2) is 0 Å². The Balaban J connectivity index is 2.77. The number of hydrogen-bond acceptors (Lipinski definition) is 3. The van der Waals surface area contributed by atoms with E-state index in [4.69, 9.17) is 5.73 Å². The molecular weight excluding hydrogens is 202 g/mol. The topological polar surface area (TPSA) is 52.3 Å². The highest BCUT2D eigenvalue weighted by Gasteiger charge is 2.09. The Kier molecular flexibility index (Phi) is 4.99. The van der Waals surface area contributed by atoms with Gasteiger partial charge in [-0.3, -0.25) is 0 Å². The molecule has 0 saturated heterocycles. The van der Waals surface area contributed by atoms with Crippen molar-refractivity contribution in [2.45, 2.75) is 32.2 Å². The van der Waals surface area contributed by atoms with Gasteiger partial charge in [0.2, 0.25) is 0 Å². The number of methoxy groups -OCH3 is 1. The van der Waals surface area contributed by atoms with Crippen LogP contribution in [-0.4, -0.2) is 13.1 Å². The van der Waals surface area contributed by atoms with Gasteiger partial charge < -0.3 is 10.5 Å². The summed E-state index contributed by atoms with van der Waals surface area (Å²) >= 11 is 0. The molecule has 1 atom stereocenters. The monoisotopic (exact) mass is 221 g/mol. The van der Waals surface area contributed by atoms with Crippen LogP contribution in [0, 0.1) is 0 Å². The average Bonchev–Trinajstić information content (AvgIpc) is 2.35. The lowest BCUT2D eigenvalue weighted by Crippen LogP contribution is -2.11. The molecule has 16 heavy (non-hydrogen) atoms. The van der Waals surface area contributed by atoms with Crippen LogP contribution in [0.4, 0.5) is 0 Å². The second kappa shape index (κ2) is 6.28. The molecule has 0 fully saturated rings. The number of hydrogen-bond donors (Lipinski definition) is 1. The molecule has 1 aromatic rings. The van der Waals surface area contributed by atoms with Gasteiger partial charge >= 0.3 is 5.97 Å². The number of unbranched alkanes of at least 4 members (excludes halogenated alkanes) is 1. The van der Waals surface area contributed by atoms with Crippen LogP contribution in [0.5, 0.6) is 0 Å². The molecule has 2 N–H and O–H groups in total. The third kappa shape index (κ3) is 3.35. The lowest BCUT2D eigenvalue weighted by atomic mass is 10.0. The van der Waals surface area contributed by atoms with Crippen LogP contribution in [0.1, 0.15) is 48.1 Å². The second-order valence-electron chi connectivity index (χ2n) is 3.87. The molecule has 3 nitrogen and oxygen atoms in total. The molecule has 0 aliphatic heterocycles. The molecule has 88 valence electrons. The summed E-state index contributed by atoms with van der Waals surface area (Å²) in [5.74, 6) is -0.315. The zero-order chi connectivity index (χ0) is 12.0. The van der Waals surface area contributed by atoms with Crippen LogP contribution in [0.15, 0.2) is 24.3 Å². The molecule has 0 aliphatic carbocycles. The van der Waals surface area contributed by atoms with Gasteiger partial charge in [-0.2, -0.15) is 0 Å². The van der Waals surface area contributed by atoms with Crippen molar-refractivity contribution >= 4 is 5.97 Å². The zero-order valence-electron chi connectivity index (χ0n) is 9.90. The third-order valence-electron chi connectivity index (χ3n) is 2.60. The minimum Gasteiger partial charge on any atom is -0.465 e. The maximum Gasteiger partial charge on any atom is 0.337 e. The van der Waals surface area contributed by atoms with Gasteiger partial charge in [0.05, 0.1) is 12.7 Å². The molecule has 0 aromatic heterocycles. The maximum absolute atomic E-state index is 11.3. The zero-order valence-corrected chi connectivity index (χ0v) is 9.90. The van der Waals surface area contributed by atoms with E-state index in [1.54, 1.807) is 6.07 Å². The quantitative estimate of drug-likeness (QED) is 0.778. The molecule has 0 amide bonds. The van der Waals surface area contributed by atoms with Gasteiger partial charge in [0.1, 0.15) is 0 Å². The number of benzene rings is 1. The summed E-state index contributed by atoms with van der Waals surface area (Å²) in [6.45, 7) is 2.14. The number of carbonyl (C=O) groups is 1. The van der Waals surface area contributed by atoms with Crippen LogP contribution in [-0.2, 0) is 4.74 Å². The Bertz CT molecular complexity index is 350. The SMILES string of the molecule is CCCC[C@@H](N)c1cccc(C(=O)OC)c1. The van der Waals surface area contributed by atoms with Crippen molar-refractivity contribution in [3.8, 4) is 0 Å². The van der Waals surface area contributed by atoms with Crippen LogP contribution < -0.4 is 5.73 Å². The first-order valence-electron chi connectivity index (χ1n) is 5.63. The summed E-state index contributed by atoms with van der Waals surface area (Å²) in [6.07, 6.45) is 3.18. The summed E-state index contributed by atoms with van der Waals surface area (Å²) in [5.41, 5.74) is 7.60. The van der Waals surface area contributed by atoms with E-state index in [-0.39, 0.29) is 12.0 Å². The predicted octanol–water partition coefficient (Wildman–Crippen LogP) is 2.66. The summed E-state index contributed by atoms with van der Waals surface area (Å²) in [5, 5.41) is 0. The van der Waals surface area contributed by atoms with Gasteiger partial charge in [0.25, 0.3) is 0 Å². The van der Waals surface area contributed by atoms with Gasteiger partial charge in [0, 0.05) is 6.04 Å². The summed E-state index contributed by atoms with van der Waals surface area (Å²) in [6, 6.07) is 7.35. The molecule has 1 rings (SSSR count). The summed E-state index contributed by atoms with van der Waals surface area (Å²) < 4.78 is 4.67. The van der Waals surface area contributed by atoms with E-state index < -0.39 is 0 Å². The first kappa shape index (κ1) is 12.7. The van der Waals surface area contributed by atoms with E-state index in [0.717, 1.165) is 24.8 Å². The Morgan fingerprint density at radius 3 is 2.88 bits per heavy atom. The number of esters is 1. The molecule has 1 aromatic carbocycles. The average molecular weight is 221 g/mol. The Morgan fingerprint density at radius 1 is 1.50 bits per heavy atom. The Morgan fingerprint density at radius 2 is 2.25 bits per heavy atom. The fraction of sp³-hybridized carbons (Fsp3) is 0.462. The predicted molar refractivity (Wildman–Crippen MR) is 64.2 cm³/mol. The molecule has 0 saturated carbocycles. The highest BCUT2D eigenvalue weighted by molar-refractivity contribution is 5.89. The van der Waals surface area contributed by atoms with Crippen LogP contribution >= 0.6 is 0 Å².